The van der Waals surface area contributed by atoms with Gasteiger partial charge in [0, 0.05) is 29.6 Å². The van der Waals surface area contributed by atoms with E-state index in [1.165, 1.54) is 19.3 Å². The molecule has 5 saturated carbocycles. The van der Waals surface area contributed by atoms with E-state index in [2.05, 4.69) is 19.2 Å². The molecule has 17 unspecified atom stereocenters. The SMILES string of the molecule is CCCCCCC1COC(C(O)C(C)(O)C2CCC3(O)C4C(=NCC(C)O)C(=O)C5CC(O)C(O)CC5(CCC5CCC(N)[NH2+]C5)C4CCC23C2CCCC2)C1C. The zero-order valence-electron chi connectivity index (χ0n) is 35.7. The standard InChI is InChI=1S/C46H79N3O8/c1-5-6-7-8-11-30-26-57-41(28(30)3)42(54)43(4,55)36-18-21-46(56)38-32(17-20-45(36,46)31-12-9-10-13-31)44(19-16-29-14-15-37(47)48-25-29)23-35(52)34(51)22-33(44)40(53)39(38)49-24-27(2)50/h27-38,41-42,48,50-52,54-56H,5-26,47H2,1-4H3/p+1. The number of aliphatic hydroxyl groups excluding tert-OH is 4. The summed E-state index contributed by atoms with van der Waals surface area (Å²) in [6.07, 6.45) is 11.6. The fourth-order valence-corrected chi connectivity index (χ4v) is 15.0. The third-order valence-electron chi connectivity index (χ3n) is 18.0. The average molecular weight is 803 g/mol. The highest BCUT2D eigenvalue weighted by molar-refractivity contribution is 6.42. The number of aliphatic hydroxyl groups is 6. The van der Waals surface area contributed by atoms with Gasteiger partial charge in [-0.3, -0.25) is 15.5 Å². The van der Waals surface area contributed by atoms with Crippen LogP contribution in [0.5, 0.6) is 0 Å². The lowest BCUT2D eigenvalue weighted by molar-refractivity contribution is -0.703. The number of piperidine rings is 1. The van der Waals surface area contributed by atoms with Crippen molar-refractivity contribution < 1.29 is 45.5 Å². The summed E-state index contributed by atoms with van der Waals surface area (Å²) in [5.41, 5.74) is 2.21. The van der Waals surface area contributed by atoms with Crippen LogP contribution in [0.25, 0.3) is 0 Å². The molecule has 0 aromatic heterocycles. The number of nitrogens with zero attached hydrogens (tertiary/aromatic N) is 1. The summed E-state index contributed by atoms with van der Waals surface area (Å²) in [7, 11) is 0. The molecule has 57 heavy (non-hydrogen) atoms. The Morgan fingerprint density at radius 1 is 1.02 bits per heavy atom. The Morgan fingerprint density at radius 3 is 2.46 bits per heavy atom. The summed E-state index contributed by atoms with van der Waals surface area (Å²) in [6.45, 7) is 9.38. The van der Waals surface area contributed by atoms with Crippen molar-refractivity contribution in [3.63, 3.8) is 0 Å². The molecule has 2 saturated heterocycles. The predicted octanol–water partition coefficient (Wildman–Crippen LogP) is 3.62. The van der Waals surface area contributed by atoms with Gasteiger partial charge in [0.15, 0.2) is 5.78 Å². The number of carbonyl (C=O) groups excluding carboxylic acids is 1. The molecule has 7 aliphatic rings. The molecule has 0 aromatic carbocycles. The molecule has 2 heterocycles. The van der Waals surface area contributed by atoms with Crippen LogP contribution in [0.2, 0.25) is 0 Å². The van der Waals surface area contributed by atoms with Crippen molar-refractivity contribution >= 4 is 11.5 Å². The number of fused-ring (bicyclic) bond motifs is 5. The monoisotopic (exact) mass is 803 g/mol. The Hall–Kier alpha value is -1.02. The van der Waals surface area contributed by atoms with E-state index in [4.69, 9.17) is 15.5 Å². The topological polar surface area (TPSA) is 203 Å². The largest absolute Gasteiger partial charge is 0.391 e. The number of carbonyl (C=O) groups is 1. The Labute approximate surface area is 342 Å². The summed E-state index contributed by atoms with van der Waals surface area (Å²) >= 11 is 0. The lowest BCUT2D eigenvalue weighted by Gasteiger charge is -2.67. The van der Waals surface area contributed by atoms with Crippen LogP contribution >= 0.6 is 0 Å². The zero-order valence-corrected chi connectivity index (χ0v) is 35.7. The molecule has 11 nitrogen and oxygen atoms in total. The molecule has 7 fully saturated rings. The van der Waals surface area contributed by atoms with Crippen LogP contribution in [-0.4, -0.2) is 110 Å². The smallest absolute Gasteiger partial charge is 0.180 e. The van der Waals surface area contributed by atoms with Crippen molar-refractivity contribution in [1.29, 1.82) is 0 Å². The van der Waals surface area contributed by atoms with E-state index in [1.54, 1.807) is 13.8 Å². The summed E-state index contributed by atoms with van der Waals surface area (Å²) in [4.78, 5) is 20.2. The van der Waals surface area contributed by atoms with Gasteiger partial charge >= 0.3 is 0 Å². The van der Waals surface area contributed by atoms with Crippen molar-refractivity contribution in [1.82, 2.24) is 0 Å². The van der Waals surface area contributed by atoms with Gasteiger partial charge < -0.3 is 40.7 Å². The normalized spacial score (nSPS) is 46.7. The molecule has 5 aliphatic carbocycles. The molecular weight excluding hydrogens is 723 g/mol. The van der Waals surface area contributed by atoms with Crippen LogP contribution in [0.15, 0.2) is 4.99 Å². The third-order valence-corrected chi connectivity index (χ3v) is 18.0. The van der Waals surface area contributed by atoms with Gasteiger partial charge in [-0.25, -0.2) is 0 Å². The van der Waals surface area contributed by atoms with Gasteiger partial charge in [-0.15, -0.1) is 0 Å². The molecule has 11 heteroatoms. The molecule has 0 amide bonds. The van der Waals surface area contributed by atoms with Gasteiger partial charge in [0.1, 0.15) is 12.3 Å². The second-order valence-electron chi connectivity index (χ2n) is 21.0. The Kier molecular flexibility index (Phi) is 13.4. The van der Waals surface area contributed by atoms with Crippen molar-refractivity contribution in [2.75, 3.05) is 19.7 Å². The highest BCUT2D eigenvalue weighted by Gasteiger charge is 2.76. The van der Waals surface area contributed by atoms with Crippen LogP contribution in [0.1, 0.15) is 150 Å². The number of aliphatic imine (C=N–C) groups is 1. The number of unbranched alkanes of at least 4 members (excludes halogenated alkanes) is 3. The molecule has 7 rings (SSSR count). The van der Waals surface area contributed by atoms with Gasteiger partial charge in [0.25, 0.3) is 0 Å². The molecule has 17 atom stereocenters. The summed E-state index contributed by atoms with van der Waals surface area (Å²) in [5.74, 6) is -1.000. The number of nitrogens with two attached hydrogens (primary N) is 2. The first-order chi connectivity index (χ1) is 27.1. The molecule has 0 radical (unpaired) electrons. The van der Waals surface area contributed by atoms with E-state index in [1.807, 2.05) is 0 Å². The number of Topliss-reactive ketones (excluding diaryl/α,β-unsaturated/α-hetero) is 1. The van der Waals surface area contributed by atoms with Crippen LogP contribution < -0.4 is 11.1 Å². The van der Waals surface area contributed by atoms with Gasteiger partial charge in [-0.2, -0.15) is 0 Å². The molecule has 0 spiro atoms. The van der Waals surface area contributed by atoms with E-state index >= 15 is 4.79 Å². The van der Waals surface area contributed by atoms with E-state index in [0.29, 0.717) is 62.7 Å². The molecule has 2 aliphatic heterocycles. The zero-order chi connectivity index (χ0) is 40.9. The first-order valence-corrected chi connectivity index (χ1v) is 23.6. The highest BCUT2D eigenvalue weighted by atomic mass is 16.5. The van der Waals surface area contributed by atoms with Crippen LogP contribution in [0.3, 0.4) is 0 Å². The number of hydrogen-bond acceptors (Lipinski definition) is 10. The molecule has 0 aromatic rings. The molecule has 326 valence electrons. The van der Waals surface area contributed by atoms with Gasteiger partial charge in [-0.1, -0.05) is 52.4 Å². The maximum Gasteiger partial charge on any atom is 0.180 e. The van der Waals surface area contributed by atoms with Crippen molar-refractivity contribution in [2.45, 2.75) is 198 Å². The Balaban J connectivity index is 1.27. The van der Waals surface area contributed by atoms with Gasteiger partial charge in [0.2, 0.25) is 0 Å². The highest BCUT2D eigenvalue weighted by Crippen LogP contribution is 2.74. The second kappa shape index (κ2) is 17.4. The summed E-state index contributed by atoms with van der Waals surface area (Å²) in [6, 6.07) is 0. The van der Waals surface area contributed by atoms with Gasteiger partial charge in [-0.05, 0) is 126 Å². The number of ether oxygens (including phenoxy) is 1. The fraction of sp³-hybridized carbons (Fsp3) is 0.957. The van der Waals surface area contributed by atoms with Crippen LogP contribution in [-0.2, 0) is 9.53 Å². The van der Waals surface area contributed by atoms with Crippen LogP contribution in [0, 0.1) is 58.2 Å². The van der Waals surface area contributed by atoms with E-state index in [-0.39, 0.29) is 42.7 Å². The average Bonchev–Trinajstić information content (AvgIpc) is 3.92. The number of hydrogen-bond donors (Lipinski definition) is 8. The van der Waals surface area contributed by atoms with E-state index in [0.717, 1.165) is 64.3 Å². The van der Waals surface area contributed by atoms with Crippen molar-refractivity contribution in [2.24, 2.45) is 68.9 Å². The fourth-order valence-electron chi connectivity index (χ4n) is 15.0. The number of rotatable bonds is 14. The van der Waals surface area contributed by atoms with Gasteiger partial charge in [0.05, 0.1) is 61.0 Å². The summed E-state index contributed by atoms with van der Waals surface area (Å²) in [5, 5.41) is 74.7. The van der Waals surface area contributed by atoms with Crippen LogP contribution in [0.4, 0.5) is 0 Å². The van der Waals surface area contributed by atoms with E-state index < -0.39 is 70.3 Å². The minimum Gasteiger partial charge on any atom is -0.391 e. The maximum atomic E-state index is 15.2. The maximum absolute atomic E-state index is 15.2. The summed E-state index contributed by atoms with van der Waals surface area (Å²) < 4.78 is 6.39. The van der Waals surface area contributed by atoms with Crippen molar-refractivity contribution in [3.05, 3.63) is 0 Å². The number of quaternary nitrogens is 1. The third kappa shape index (κ3) is 7.66. The minimum atomic E-state index is -1.56. The first kappa shape index (κ1) is 44.0. The second-order valence-corrected chi connectivity index (χ2v) is 21.0. The predicted molar refractivity (Wildman–Crippen MR) is 219 cm³/mol. The Bertz CT molecular complexity index is 1410. The van der Waals surface area contributed by atoms with Crippen molar-refractivity contribution in [3.8, 4) is 0 Å². The Morgan fingerprint density at radius 2 is 1.77 bits per heavy atom. The number of ketones is 1. The minimum absolute atomic E-state index is 0.0379. The van der Waals surface area contributed by atoms with E-state index in [9.17, 15) is 30.6 Å². The molecule has 0 bridgehead atoms. The molecular formula is C46H80N3O8+. The quantitative estimate of drug-likeness (QED) is 0.121. The first-order valence-electron chi connectivity index (χ1n) is 23.6. The lowest BCUT2D eigenvalue weighted by atomic mass is 9.38. The lowest BCUT2D eigenvalue weighted by Crippen LogP contribution is -2.95. The molecule has 10 N–H and O–H groups in total.